The minimum absolute atomic E-state index is 0.175. The molecule has 1 N–H and O–H groups in total. The lowest BCUT2D eigenvalue weighted by Crippen LogP contribution is -2.10. The van der Waals surface area contributed by atoms with Crippen LogP contribution in [0.3, 0.4) is 0 Å². The minimum Gasteiger partial charge on any atom is -0.385 e. The highest BCUT2D eigenvalue weighted by Gasteiger charge is 1.98. The first-order valence-electron chi connectivity index (χ1n) is 5.80. The van der Waals surface area contributed by atoms with Gasteiger partial charge in [0.05, 0.1) is 6.61 Å². The van der Waals surface area contributed by atoms with Gasteiger partial charge in [0.2, 0.25) is 0 Å². The highest BCUT2D eigenvalue weighted by molar-refractivity contribution is 5.45. The van der Waals surface area contributed by atoms with Crippen molar-refractivity contribution in [1.82, 2.24) is 0 Å². The van der Waals surface area contributed by atoms with E-state index in [2.05, 4.69) is 5.32 Å². The van der Waals surface area contributed by atoms with Crippen LogP contribution in [-0.2, 0) is 9.47 Å². The monoisotopic (exact) mass is 241 g/mol. The molecule has 3 nitrogen and oxygen atoms in total. The second kappa shape index (κ2) is 8.03. The van der Waals surface area contributed by atoms with Crippen molar-refractivity contribution in [1.29, 1.82) is 0 Å². The summed E-state index contributed by atoms with van der Waals surface area (Å²) in [4.78, 5) is 0. The number of hydrogen-bond donors (Lipinski definition) is 1. The summed E-state index contributed by atoms with van der Waals surface area (Å²) in [5.74, 6) is -0.175. The number of ether oxygens (including phenoxy) is 2. The molecule has 0 spiro atoms. The van der Waals surface area contributed by atoms with Crippen molar-refractivity contribution in [2.24, 2.45) is 0 Å². The smallest absolute Gasteiger partial charge is 0.126 e. The fourth-order valence-corrected chi connectivity index (χ4v) is 1.43. The number of methoxy groups -OCH3 is 1. The molecule has 1 aromatic rings. The zero-order valence-electron chi connectivity index (χ0n) is 10.5. The van der Waals surface area contributed by atoms with E-state index in [1.54, 1.807) is 26.2 Å². The molecule has 0 saturated carbocycles. The second-order valence-electron chi connectivity index (χ2n) is 3.85. The van der Waals surface area contributed by atoms with Crippen molar-refractivity contribution in [2.75, 3.05) is 38.8 Å². The number of benzene rings is 1. The Bertz CT molecular complexity index is 331. The van der Waals surface area contributed by atoms with Crippen LogP contribution in [0.4, 0.5) is 10.1 Å². The highest BCUT2D eigenvalue weighted by atomic mass is 19.1. The number of rotatable bonds is 8. The van der Waals surface area contributed by atoms with Gasteiger partial charge < -0.3 is 14.8 Å². The Morgan fingerprint density at radius 3 is 2.76 bits per heavy atom. The third-order valence-electron chi connectivity index (χ3n) is 2.37. The van der Waals surface area contributed by atoms with Crippen LogP contribution in [0.5, 0.6) is 0 Å². The van der Waals surface area contributed by atoms with Crippen LogP contribution in [0.1, 0.15) is 12.0 Å². The molecule has 0 heterocycles. The molecular weight excluding hydrogens is 221 g/mol. The normalized spacial score (nSPS) is 10.5. The van der Waals surface area contributed by atoms with Gasteiger partial charge in [0, 0.05) is 32.6 Å². The molecule has 4 heteroatoms. The molecule has 0 aromatic heterocycles. The summed E-state index contributed by atoms with van der Waals surface area (Å²) in [6.45, 7) is 4.54. The maximum Gasteiger partial charge on any atom is 0.126 e. The van der Waals surface area contributed by atoms with Gasteiger partial charge in [-0.15, -0.1) is 0 Å². The molecule has 1 rings (SSSR count). The third kappa shape index (κ3) is 5.65. The molecule has 1 aromatic carbocycles. The summed E-state index contributed by atoms with van der Waals surface area (Å²) in [6, 6.07) is 4.99. The van der Waals surface area contributed by atoms with E-state index in [1.807, 2.05) is 0 Å². The van der Waals surface area contributed by atoms with Gasteiger partial charge in [-0.25, -0.2) is 4.39 Å². The summed E-state index contributed by atoms with van der Waals surface area (Å²) < 4.78 is 23.3. The van der Waals surface area contributed by atoms with Crippen LogP contribution in [0.25, 0.3) is 0 Å². The Hall–Kier alpha value is -1.13. The lowest BCUT2D eigenvalue weighted by Gasteiger charge is -2.08. The maximum atomic E-state index is 13.0. The molecule has 0 atom stereocenters. The predicted octanol–water partition coefficient (Wildman–Crippen LogP) is 2.60. The molecule has 0 aliphatic rings. The van der Waals surface area contributed by atoms with E-state index < -0.39 is 0 Å². The topological polar surface area (TPSA) is 30.5 Å². The average Bonchev–Trinajstić information content (AvgIpc) is 2.32. The standard InChI is InChI=1S/C13H20FNO2/c1-11-10-12(4-5-13(11)14)15-6-9-17-8-3-7-16-2/h4-5,10,15H,3,6-9H2,1-2H3. The quantitative estimate of drug-likeness (QED) is 0.710. The Morgan fingerprint density at radius 1 is 1.24 bits per heavy atom. The van der Waals surface area contributed by atoms with Crippen molar-refractivity contribution < 1.29 is 13.9 Å². The largest absolute Gasteiger partial charge is 0.385 e. The van der Waals surface area contributed by atoms with Crippen LogP contribution >= 0.6 is 0 Å². The lowest BCUT2D eigenvalue weighted by molar-refractivity contribution is 0.109. The molecule has 0 amide bonds. The first-order chi connectivity index (χ1) is 8.24. The highest BCUT2D eigenvalue weighted by Crippen LogP contribution is 2.12. The Balaban J connectivity index is 2.11. The van der Waals surface area contributed by atoms with E-state index in [-0.39, 0.29) is 5.82 Å². The summed E-state index contributed by atoms with van der Waals surface area (Å²) >= 11 is 0. The molecule has 0 aliphatic carbocycles. The molecule has 0 aliphatic heterocycles. The van der Waals surface area contributed by atoms with E-state index in [0.717, 1.165) is 25.3 Å². The van der Waals surface area contributed by atoms with Gasteiger partial charge in [-0.1, -0.05) is 0 Å². The van der Waals surface area contributed by atoms with E-state index in [4.69, 9.17) is 9.47 Å². The van der Waals surface area contributed by atoms with Crippen molar-refractivity contribution in [3.63, 3.8) is 0 Å². The fourth-order valence-electron chi connectivity index (χ4n) is 1.43. The van der Waals surface area contributed by atoms with E-state index in [1.165, 1.54) is 6.07 Å². The molecule has 0 bridgehead atoms. The average molecular weight is 241 g/mol. The molecule has 0 unspecified atom stereocenters. The van der Waals surface area contributed by atoms with Gasteiger partial charge in [0.15, 0.2) is 0 Å². The fraction of sp³-hybridized carbons (Fsp3) is 0.538. The molecule has 0 fully saturated rings. The van der Waals surface area contributed by atoms with Crippen LogP contribution in [0.15, 0.2) is 18.2 Å². The van der Waals surface area contributed by atoms with Crippen molar-refractivity contribution in [3.05, 3.63) is 29.6 Å². The zero-order chi connectivity index (χ0) is 12.5. The molecule has 17 heavy (non-hydrogen) atoms. The van der Waals surface area contributed by atoms with E-state index >= 15 is 0 Å². The summed E-state index contributed by atoms with van der Waals surface area (Å²) in [6.07, 6.45) is 0.909. The SMILES string of the molecule is COCCCOCCNc1ccc(F)c(C)c1. The maximum absolute atomic E-state index is 13.0. The molecule has 0 radical (unpaired) electrons. The van der Waals surface area contributed by atoms with Gasteiger partial charge in [-0.3, -0.25) is 0 Å². The lowest BCUT2D eigenvalue weighted by atomic mass is 10.2. The van der Waals surface area contributed by atoms with Gasteiger partial charge >= 0.3 is 0 Å². The molecular formula is C13H20FNO2. The first kappa shape index (κ1) is 13.9. The molecule has 0 saturated heterocycles. The number of anilines is 1. The van der Waals surface area contributed by atoms with Gasteiger partial charge in [0.1, 0.15) is 5.82 Å². The summed E-state index contributed by atoms with van der Waals surface area (Å²) in [5.41, 5.74) is 1.57. The van der Waals surface area contributed by atoms with E-state index in [0.29, 0.717) is 18.8 Å². The van der Waals surface area contributed by atoms with Crippen molar-refractivity contribution in [2.45, 2.75) is 13.3 Å². The third-order valence-corrected chi connectivity index (χ3v) is 2.37. The summed E-state index contributed by atoms with van der Waals surface area (Å²) in [7, 11) is 1.68. The summed E-state index contributed by atoms with van der Waals surface area (Å²) in [5, 5.41) is 3.18. The predicted molar refractivity (Wildman–Crippen MR) is 66.9 cm³/mol. The zero-order valence-corrected chi connectivity index (χ0v) is 10.5. The van der Waals surface area contributed by atoms with Crippen LogP contribution in [0, 0.1) is 12.7 Å². The Kier molecular flexibility index (Phi) is 6.58. The Morgan fingerprint density at radius 2 is 2.06 bits per heavy atom. The molecule has 96 valence electrons. The number of halogens is 1. The van der Waals surface area contributed by atoms with Gasteiger partial charge in [0.25, 0.3) is 0 Å². The van der Waals surface area contributed by atoms with Crippen LogP contribution < -0.4 is 5.32 Å². The van der Waals surface area contributed by atoms with Gasteiger partial charge in [-0.2, -0.15) is 0 Å². The van der Waals surface area contributed by atoms with Crippen molar-refractivity contribution in [3.8, 4) is 0 Å². The number of aryl methyl sites for hydroxylation is 1. The second-order valence-corrected chi connectivity index (χ2v) is 3.85. The number of hydrogen-bond acceptors (Lipinski definition) is 3. The minimum atomic E-state index is -0.175. The van der Waals surface area contributed by atoms with Crippen molar-refractivity contribution >= 4 is 5.69 Å². The van der Waals surface area contributed by atoms with Gasteiger partial charge in [-0.05, 0) is 37.1 Å². The Labute approximate surface area is 102 Å². The first-order valence-corrected chi connectivity index (χ1v) is 5.80. The van der Waals surface area contributed by atoms with Crippen LogP contribution in [0.2, 0.25) is 0 Å². The van der Waals surface area contributed by atoms with Crippen LogP contribution in [-0.4, -0.2) is 33.5 Å². The van der Waals surface area contributed by atoms with E-state index in [9.17, 15) is 4.39 Å². The number of nitrogens with one attached hydrogen (secondary N) is 1.